The van der Waals surface area contributed by atoms with Gasteiger partial charge in [0.05, 0.1) is 10.7 Å². The number of nitrogens with zero attached hydrogens (tertiary/aromatic N) is 3. The number of halogens is 2. The van der Waals surface area contributed by atoms with Crippen LogP contribution < -0.4 is 5.73 Å². The van der Waals surface area contributed by atoms with Crippen molar-refractivity contribution in [3.05, 3.63) is 34.9 Å². The van der Waals surface area contributed by atoms with E-state index in [0.717, 1.165) is 10.7 Å². The van der Waals surface area contributed by atoms with Gasteiger partial charge in [-0.05, 0) is 18.2 Å². The minimum Gasteiger partial charge on any atom is -0.475 e. The molecular weight excluding hydrogens is 251 g/mol. The molecule has 0 bridgehead atoms. The second kappa shape index (κ2) is 4.02. The van der Waals surface area contributed by atoms with Crippen molar-refractivity contribution in [2.45, 2.75) is 0 Å². The molecule has 0 saturated carbocycles. The number of benzene rings is 1. The number of aromatic nitrogens is 3. The fraction of sp³-hybridized carbons (Fsp3) is 0. The van der Waals surface area contributed by atoms with Crippen LogP contribution >= 0.6 is 11.6 Å². The summed E-state index contributed by atoms with van der Waals surface area (Å²) in [6, 6.07) is 3.75. The molecular formula is C9H6ClFN4O2. The van der Waals surface area contributed by atoms with Crippen LogP contribution in [-0.2, 0) is 0 Å². The zero-order valence-corrected chi connectivity index (χ0v) is 9.02. The number of nitrogen functional groups attached to an aromatic ring is 1. The van der Waals surface area contributed by atoms with Crippen LogP contribution in [0.3, 0.4) is 0 Å². The van der Waals surface area contributed by atoms with E-state index in [9.17, 15) is 9.18 Å². The molecule has 0 spiro atoms. The topological polar surface area (TPSA) is 94.0 Å². The van der Waals surface area contributed by atoms with Crippen molar-refractivity contribution in [2.24, 2.45) is 0 Å². The van der Waals surface area contributed by atoms with Crippen molar-refractivity contribution >= 4 is 23.5 Å². The van der Waals surface area contributed by atoms with Gasteiger partial charge in [0.1, 0.15) is 5.82 Å². The Morgan fingerprint density at radius 3 is 2.76 bits per heavy atom. The summed E-state index contributed by atoms with van der Waals surface area (Å²) in [6.07, 6.45) is 0. The normalized spacial score (nSPS) is 10.5. The first kappa shape index (κ1) is 11.3. The van der Waals surface area contributed by atoms with Crippen LogP contribution in [0.4, 0.5) is 10.3 Å². The molecule has 0 aliphatic rings. The Morgan fingerprint density at radius 2 is 2.24 bits per heavy atom. The number of carboxylic acids is 1. The van der Waals surface area contributed by atoms with E-state index in [0.29, 0.717) is 5.69 Å². The maximum Gasteiger partial charge on any atom is 0.375 e. The number of hydrogen-bond acceptors (Lipinski definition) is 4. The average Bonchev–Trinajstić information content (AvgIpc) is 2.65. The molecule has 0 unspecified atom stereocenters. The summed E-state index contributed by atoms with van der Waals surface area (Å²) in [6.45, 7) is 0. The number of carbonyl (C=O) groups is 1. The first-order valence-corrected chi connectivity index (χ1v) is 4.78. The zero-order chi connectivity index (χ0) is 12.6. The van der Waals surface area contributed by atoms with Gasteiger partial charge in [0.25, 0.3) is 5.82 Å². The monoisotopic (exact) mass is 256 g/mol. The van der Waals surface area contributed by atoms with Crippen LogP contribution in [0.25, 0.3) is 5.69 Å². The molecule has 6 nitrogen and oxygen atoms in total. The van der Waals surface area contributed by atoms with Crippen molar-refractivity contribution in [3.63, 3.8) is 0 Å². The highest BCUT2D eigenvalue weighted by Gasteiger charge is 2.15. The largest absolute Gasteiger partial charge is 0.475 e. The quantitative estimate of drug-likeness (QED) is 0.846. The number of hydrogen-bond donors (Lipinski definition) is 2. The third kappa shape index (κ3) is 2.04. The highest BCUT2D eigenvalue weighted by molar-refractivity contribution is 6.30. The molecule has 0 saturated heterocycles. The summed E-state index contributed by atoms with van der Waals surface area (Å²) in [7, 11) is 0. The van der Waals surface area contributed by atoms with E-state index >= 15 is 0 Å². The molecule has 3 N–H and O–H groups in total. The fourth-order valence-corrected chi connectivity index (χ4v) is 1.40. The second-order valence-corrected chi connectivity index (χ2v) is 3.52. The molecule has 88 valence electrons. The smallest absolute Gasteiger partial charge is 0.375 e. The second-order valence-electron chi connectivity index (χ2n) is 3.11. The van der Waals surface area contributed by atoms with Crippen LogP contribution in [0.15, 0.2) is 18.2 Å². The van der Waals surface area contributed by atoms with E-state index < -0.39 is 17.6 Å². The number of rotatable bonds is 2. The van der Waals surface area contributed by atoms with Gasteiger partial charge in [-0.15, -0.1) is 5.10 Å². The van der Waals surface area contributed by atoms with E-state index in [1.807, 2.05) is 0 Å². The molecule has 0 aliphatic carbocycles. The van der Waals surface area contributed by atoms with Crippen LogP contribution in [0.1, 0.15) is 10.6 Å². The van der Waals surface area contributed by atoms with Crippen LogP contribution in [0.2, 0.25) is 5.02 Å². The molecule has 1 aromatic heterocycles. The van der Waals surface area contributed by atoms with E-state index in [1.54, 1.807) is 0 Å². The predicted octanol–water partition coefficient (Wildman–Crippen LogP) is 1.34. The van der Waals surface area contributed by atoms with Gasteiger partial charge in [0.15, 0.2) is 0 Å². The van der Waals surface area contributed by atoms with E-state index in [-0.39, 0.29) is 11.0 Å². The van der Waals surface area contributed by atoms with Crippen LogP contribution in [0, 0.1) is 5.82 Å². The Labute approximate surface area is 99.4 Å². The Hall–Kier alpha value is -2.15. The maximum absolute atomic E-state index is 12.9. The average molecular weight is 257 g/mol. The third-order valence-corrected chi connectivity index (χ3v) is 2.26. The number of carboxylic acid groups (broad SMARTS) is 1. The molecule has 2 aromatic rings. The van der Waals surface area contributed by atoms with E-state index in [1.165, 1.54) is 12.1 Å². The lowest BCUT2D eigenvalue weighted by Crippen LogP contribution is -2.03. The van der Waals surface area contributed by atoms with Gasteiger partial charge in [0.2, 0.25) is 5.95 Å². The van der Waals surface area contributed by atoms with E-state index in [2.05, 4.69) is 10.1 Å². The Morgan fingerprint density at radius 1 is 1.53 bits per heavy atom. The van der Waals surface area contributed by atoms with Crippen molar-refractivity contribution in [3.8, 4) is 5.69 Å². The standard InChI is InChI=1S/C9H6ClFN4O2/c10-5-3-4(1-2-6(5)11)15-9(12)13-7(14-15)8(16)17/h1-3H,(H,16,17)(H2,12,13,14). The molecule has 8 heteroatoms. The number of anilines is 1. The molecule has 1 heterocycles. The highest BCUT2D eigenvalue weighted by Crippen LogP contribution is 2.19. The van der Waals surface area contributed by atoms with Gasteiger partial charge in [-0.2, -0.15) is 9.67 Å². The van der Waals surface area contributed by atoms with Crippen molar-refractivity contribution in [2.75, 3.05) is 5.73 Å². The summed E-state index contributed by atoms with van der Waals surface area (Å²) in [5.41, 5.74) is 5.82. The molecule has 2 rings (SSSR count). The summed E-state index contributed by atoms with van der Waals surface area (Å²) >= 11 is 5.59. The van der Waals surface area contributed by atoms with Gasteiger partial charge >= 0.3 is 5.97 Å². The molecule has 0 amide bonds. The van der Waals surface area contributed by atoms with Crippen LogP contribution in [0.5, 0.6) is 0 Å². The number of aromatic carboxylic acids is 1. The summed E-state index contributed by atoms with van der Waals surface area (Å²) in [5, 5.41) is 12.2. The van der Waals surface area contributed by atoms with Crippen molar-refractivity contribution < 1.29 is 14.3 Å². The minimum atomic E-state index is -1.30. The highest BCUT2D eigenvalue weighted by atomic mass is 35.5. The summed E-state index contributed by atoms with van der Waals surface area (Å²) < 4.78 is 14.0. The lowest BCUT2D eigenvalue weighted by atomic mass is 10.3. The lowest BCUT2D eigenvalue weighted by Gasteiger charge is -2.02. The molecule has 0 fully saturated rings. The first-order chi connectivity index (χ1) is 7.99. The Kier molecular flexibility index (Phi) is 2.68. The lowest BCUT2D eigenvalue weighted by molar-refractivity contribution is 0.0683. The molecule has 0 aliphatic heterocycles. The van der Waals surface area contributed by atoms with Gasteiger partial charge in [-0.1, -0.05) is 11.6 Å². The SMILES string of the molecule is Nc1nc(C(=O)O)nn1-c1ccc(F)c(Cl)c1. The molecule has 0 atom stereocenters. The summed E-state index contributed by atoms with van der Waals surface area (Å²) in [4.78, 5) is 14.2. The number of nitrogens with two attached hydrogens (primary N) is 1. The van der Waals surface area contributed by atoms with Crippen LogP contribution in [-0.4, -0.2) is 25.8 Å². The van der Waals surface area contributed by atoms with Crippen molar-refractivity contribution in [1.29, 1.82) is 0 Å². The van der Waals surface area contributed by atoms with Gasteiger partial charge < -0.3 is 10.8 Å². The van der Waals surface area contributed by atoms with E-state index in [4.69, 9.17) is 22.4 Å². The van der Waals surface area contributed by atoms with Crippen molar-refractivity contribution in [1.82, 2.24) is 14.8 Å². The Balaban J connectivity index is 2.52. The third-order valence-electron chi connectivity index (χ3n) is 1.97. The molecule has 1 aromatic carbocycles. The van der Waals surface area contributed by atoms with Gasteiger partial charge in [-0.3, -0.25) is 0 Å². The maximum atomic E-state index is 12.9. The predicted molar refractivity (Wildman–Crippen MR) is 57.7 cm³/mol. The molecule has 0 radical (unpaired) electrons. The van der Waals surface area contributed by atoms with Gasteiger partial charge in [0, 0.05) is 0 Å². The first-order valence-electron chi connectivity index (χ1n) is 4.40. The fourth-order valence-electron chi connectivity index (χ4n) is 1.22. The minimum absolute atomic E-state index is 0.116. The molecule has 17 heavy (non-hydrogen) atoms. The Bertz CT molecular complexity index is 599. The summed E-state index contributed by atoms with van der Waals surface area (Å²) in [5.74, 6) is -2.45. The zero-order valence-electron chi connectivity index (χ0n) is 8.26. The van der Waals surface area contributed by atoms with Gasteiger partial charge in [-0.25, -0.2) is 9.18 Å².